The summed E-state index contributed by atoms with van der Waals surface area (Å²) in [4.78, 5) is 34.0. The van der Waals surface area contributed by atoms with Gasteiger partial charge in [-0.05, 0) is 73.5 Å². The molecule has 0 spiro atoms. The van der Waals surface area contributed by atoms with Crippen LogP contribution in [0.25, 0.3) is 33.9 Å². The van der Waals surface area contributed by atoms with Gasteiger partial charge in [-0.2, -0.15) is 0 Å². The van der Waals surface area contributed by atoms with Gasteiger partial charge in [-0.25, -0.2) is 4.98 Å². The van der Waals surface area contributed by atoms with E-state index in [4.69, 9.17) is 34.3 Å². The standard InChI is InChI=1S/C27H26N4O2.2C2H4O2.Zn/c1-3-11-28-24(5-1)26-19-22(20-27(30-26)25-6-2-4-12-29-25)21-7-9-23(10-8-21)33-18-15-31-13-16-32-17-14-31;2*1-2(3)4;/h1-12,19-20H,13-18H2;2*1H3,(H,3,4);/q;;;+2/p-2. The number of carboxylic acid groups (broad SMARTS) is 2. The second-order valence-corrected chi connectivity index (χ2v) is 8.87. The molecule has 1 aliphatic heterocycles. The molecule has 0 radical (unpaired) electrons. The molecule has 1 aromatic carbocycles. The fourth-order valence-corrected chi connectivity index (χ4v) is 3.85. The Labute approximate surface area is 258 Å². The van der Waals surface area contributed by atoms with E-state index in [9.17, 15) is 0 Å². The van der Waals surface area contributed by atoms with Gasteiger partial charge in [0, 0.05) is 44.0 Å². The zero-order valence-electron chi connectivity index (χ0n) is 23.8. The molecule has 11 heteroatoms. The predicted octanol–water partition coefficient (Wildman–Crippen LogP) is 2.09. The number of aromatic nitrogens is 3. The number of nitrogens with zero attached hydrogens (tertiary/aromatic N) is 4. The van der Waals surface area contributed by atoms with E-state index in [0.29, 0.717) is 6.61 Å². The Kier molecular flexibility index (Phi) is 15.0. The smallest absolute Gasteiger partial charge is 0.550 e. The average Bonchev–Trinajstić information content (AvgIpc) is 2.98. The fraction of sp³-hybridized carbons (Fsp3) is 0.258. The Balaban J connectivity index is 0.000000612. The van der Waals surface area contributed by atoms with E-state index >= 15 is 0 Å². The first-order valence-electron chi connectivity index (χ1n) is 13.0. The summed E-state index contributed by atoms with van der Waals surface area (Å²) >= 11 is 0. The van der Waals surface area contributed by atoms with Crippen molar-refractivity contribution in [1.29, 1.82) is 0 Å². The topological polar surface area (TPSA) is 141 Å². The minimum absolute atomic E-state index is 0. The van der Waals surface area contributed by atoms with Crippen molar-refractivity contribution in [2.75, 3.05) is 39.5 Å². The third-order valence-corrected chi connectivity index (χ3v) is 5.65. The Morgan fingerprint density at radius 2 is 1.29 bits per heavy atom. The van der Waals surface area contributed by atoms with E-state index in [1.807, 2.05) is 48.5 Å². The fourth-order valence-electron chi connectivity index (χ4n) is 3.85. The molecule has 4 aromatic rings. The molecule has 0 unspecified atom stereocenters. The minimum Gasteiger partial charge on any atom is -0.550 e. The first kappa shape index (κ1) is 34.2. The Bertz CT molecular complexity index is 1290. The molecule has 0 bridgehead atoms. The zero-order chi connectivity index (χ0) is 29.5. The van der Waals surface area contributed by atoms with Crippen LogP contribution in [0.4, 0.5) is 0 Å². The Hall–Kier alpha value is -4.05. The molecule has 214 valence electrons. The van der Waals surface area contributed by atoms with Crippen LogP contribution < -0.4 is 14.9 Å². The van der Waals surface area contributed by atoms with Crippen LogP contribution in [0.2, 0.25) is 0 Å². The molecule has 1 fully saturated rings. The number of rotatable bonds is 7. The number of ether oxygens (including phenoxy) is 2. The molecule has 0 N–H and O–H groups in total. The quantitative estimate of drug-likeness (QED) is 0.282. The molecule has 0 aliphatic carbocycles. The normalized spacial score (nSPS) is 12.3. The SMILES string of the molecule is CC(=O)[O-].CC(=O)[O-].[Zn+2].c1ccc(-c2cc(-c3ccc(OCCN4CCOCC4)cc3)cc(-c3ccccn3)n2)nc1. The van der Waals surface area contributed by atoms with Gasteiger partial charge in [-0.1, -0.05) is 24.3 Å². The molecule has 1 aliphatic rings. The van der Waals surface area contributed by atoms with Crippen LogP contribution in [0.3, 0.4) is 0 Å². The maximum Gasteiger partial charge on any atom is 2.00 e. The molecule has 5 rings (SSSR count). The first-order chi connectivity index (χ1) is 19.8. The van der Waals surface area contributed by atoms with Gasteiger partial charge in [0.15, 0.2) is 0 Å². The second kappa shape index (κ2) is 18.4. The van der Waals surface area contributed by atoms with Crippen molar-refractivity contribution in [3.63, 3.8) is 0 Å². The van der Waals surface area contributed by atoms with E-state index in [1.54, 1.807) is 12.4 Å². The monoisotopic (exact) mass is 620 g/mol. The van der Waals surface area contributed by atoms with Crippen molar-refractivity contribution >= 4 is 11.9 Å². The third-order valence-electron chi connectivity index (χ3n) is 5.65. The van der Waals surface area contributed by atoms with Crippen molar-refractivity contribution in [2.24, 2.45) is 0 Å². The first-order valence-corrected chi connectivity index (χ1v) is 13.0. The maximum atomic E-state index is 8.89. The number of benzene rings is 1. The number of carbonyl (C=O) groups is 2. The number of hydrogen-bond acceptors (Lipinski definition) is 10. The molecular formula is C31H32N4O6Zn. The summed E-state index contributed by atoms with van der Waals surface area (Å²) in [5.74, 6) is -1.30. The summed E-state index contributed by atoms with van der Waals surface area (Å²) in [6.07, 6.45) is 3.57. The summed E-state index contributed by atoms with van der Waals surface area (Å²) in [5.41, 5.74) is 5.46. The van der Waals surface area contributed by atoms with Crippen LogP contribution in [0, 0.1) is 0 Å². The number of aliphatic carboxylic acids is 2. The van der Waals surface area contributed by atoms with E-state index in [1.165, 1.54) is 0 Å². The van der Waals surface area contributed by atoms with Crippen molar-refractivity contribution in [1.82, 2.24) is 19.9 Å². The predicted molar refractivity (Wildman–Crippen MR) is 150 cm³/mol. The molecule has 0 amide bonds. The van der Waals surface area contributed by atoms with Crippen LogP contribution in [0.15, 0.2) is 85.2 Å². The Morgan fingerprint density at radius 3 is 1.74 bits per heavy atom. The molecule has 10 nitrogen and oxygen atoms in total. The minimum atomic E-state index is -1.08. The molecule has 0 atom stereocenters. The molecule has 42 heavy (non-hydrogen) atoms. The number of hydrogen-bond donors (Lipinski definition) is 0. The average molecular weight is 622 g/mol. The van der Waals surface area contributed by atoms with Gasteiger partial charge in [0.2, 0.25) is 0 Å². The van der Waals surface area contributed by atoms with Gasteiger partial charge in [-0.15, -0.1) is 0 Å². The van der Waals surface area contributed by atoms with Gasteiger partial charge < -0.3 is 29.3 Å². The number of carboxylic acids is 2. The molecule has 0 saturated carbocycles. The van der Waals surface area contributed by atoms with Crippen molar-refractivity contribution in [2.45, 2.75) is 13.8 Å². The van der Waals surface area contributed by atoms with E-state index < -0.39 is 11.9 Å². The van der Waals surface area contributed by atoms with Crippen LogP contribution in [-0.2, 0) is 33.8 Å². The van der Waals surface area contributed by atoms with Crippen LogP contribution in [-0.4, -0.2) is 71.2 Å². The van der Waals surface area contributed by atoms with Gasteiger partial charge >= 0.3 is 19.5 Å². The Morgan fingerprint density at radius 1 is 0.786 bits per heavy atom. The summed E-state index contributed by atoms with van der Waals surface area (Å²) in [5, 5.41) is 17.8. The molecular weight excluding hydrogens is 590 g/mol. The van der Waals surface area contributed by atoms with Gasteiger partial charge in [0.05, 0.1) is 36.0 Å². The molecule has 1 saturated heterocycles. The van der Waals surface area contributed by atoms with Crippen molar-refractivity contribution in [3.05, 3.63) is 85.2 Å². The number of carbonyl (C=O) groups excluding carboxylic acids is 2. The van der Waals surface area contributed by atoms with E-state index in [0.717, 1.165) is 86.3 Å². The van der Waals surface area contributed by atoms with Crippen molar-refractivity contribution in [3.8, 4) is 39.7 Å². The van der Waals surface area contributed by atoms with E-state index in [-0.39, 0.29) is 19.5 Å². The molecule has 3 aromatic heterocycles. The maximum absolute atomic E-state index is 8.89. The summed E-state index contributed by atoms with van der Waals surface area (Å²) in [6.45, 7) is 7.09. The summed E-state index contributed by atoms with van der Waals surface area (Å²) < 4.78 is 11.4. The van der Waals surface area contributed by atoms with Crippen LogP contribution in [0.1, 0.15) is 13.8 Å². The van der Waals surface area contributed by atoms with Gasteiger partial charge in [0.1, 0.15) is 12.4 Å². The second-order valence-electron chi connectivity index (χ2n) is 8.87. The third kappa shape index (κ3) is 12.2. The van der Waals surface area contributed by atoms with Gasteiger partial charge in [0.25, 0.3) is 0 Å². The van der Waals surface area contributed by atoms with Gasteiger partial charge in [-0.3, -0.25) is 14.9 Å². The van der Waals surface area contributed by atoms with Crippen LogP contribution in [0.5, 0.6) is 5.75 Å². The number of pyridine rings is 3. The number of morpholine rings is 1. The van der Waals surface area contributed by atoms with Crippen molar-refractivity contribution < 1.29 is 48.8 Å². The largest absolute Gasteiger partial charge is 2.00 e. The molecule has 4 heterocycles. The summed E-state index contributed by atoms with van der Waals surface area (Å²) in [7, 11) is 0. The summed E-state index contributed by atoms with van der Waals surface area (Å²) in [6, 6.07) is 24.1. The zero-order valence-corrected chi connectivity index (χ0v) is 26.7. The van der Waals surface area contributed by atoms with Crippen LogP contribution >= 0.6 is 0 Å². The van der Waals surface area contributed by atoms with E-state index in [2.05, 4.69) is 39.1 Å².